The molecule has 0 atom stereocenters. The second kappa shape index (κ2) is 7.42. The van der Waals surface area contributed by atoms with Crippen LogP contribution in [0, 0.1) is 0 Å². The van der Waals surface area contributed by atoms with Crippen LogP contribution in [0.3, 0.4) is 0 Å². The van der Waals surface area contributed by atoms with Gasteiger partial charge in [-0.1, -0.05) is 19.1 Å². The smallest absolute Gasteiger partial charge is 0.235 e. The van der Waals surface area contributed by atoms with Crippen molar-refractivity contribution >= 4 is 9.84 Å². The molecule has 3 aromatic rings. The lowest BCUT2D eigenvalue weighted by molar-refractivity contribution is -0.138. The molecule has 0 fully saturated rings. The van der Waals surface area contributed by atoms with E-state index in [9.17, 15) is 34.8 Å². The van der Waals surface area contributed by atoms with E-state index >= 15 is 0 Å². The zero-order valence-electron chi connectivity index (χ0n) is 15.2. The van der Waals surface area contributed by atoms with Gasteiger partial charge in [-0.15, -0.1) is 0 Å². The van der Waals surface area contributed by atoms with Gasteiger partial charge in [-0.25, -0.2) is 18.1 Å². The molecule has 12 heteroatoms. The Balaban J connectivity index is 2.12. The molecule has 5 nitrogen and oxygen atoms in total. The molecular formula is C18H13F6N3O2S. The van der Waals surface area contributed by atoms with Crippen LogP contribution < -0.4 is 0 Å². The average molecular weight is 449 g/mol. The number of halogens is 6. The Labute approximate surface area is 166 Å². The average Bonchev–Trinajstić information content (AvgIpc) is 3.16. The summed E-state index contributed by atoms with van der Waals surface area (Å²) < 4.78 is 103. The fraction of sp³-hybridized carbons (Fsp3) is 0.222. The highest BCUT2D eigenvalue weighted by molar-refractivity contribution is 7.91. The van der Waals surface area contributed by atoms with Crippen LogP contribution in [0.4, 0.5) is 26.3 Å². The van der Waals surface area contributed by atoms with E-state index in [1.54, 1.807) is 0 Å². The van der Waals surface area contributed by atoms with Crippen molar-refractivity contribution < 1.29 is 34.8 Å². The first-order chi connectivity index (χ1) is 13.8. The molecule has 30 heavy (non-hydrogen) atoms. The van der Waals surface area contributed by atoms with Gasteiger partial charge in [0.25, 0.3) is 0 Å². The molecule has 0 N–H and O–H groups in total. The van der Waals surface area contributed by atoms with Gasteiger partial charge >= 0.3 is 12.4 Å². The summed E-state index contributed by atoms with van der Waals surface area (Å²) >= 11 is 0. The summed E-state index contributed by atoms with van der Waals surface area (Å²) in [5, 5.41) is 3.88. The second-order valence-corrected chi connectivity index (χ2v) is 8.45. The van der Waals surface area contributed by atoms with Crippen molar-refractivity contribution in [2.45, 2.75) is 24.2 Å². The van der Waals surface area contributed by atoms with E-state index in [0.717, 1.165) is 23.0 Å². The predicted octanol–water partition coefficient (Wildman–Crippen LogP) is 4.77. The van der Waals surface area contributed by atoms with Gasteiger partial charge in [-0.05, 0) is 23.8 Å². The molecule has 3 rings (SSSR count). The Hall–Kier alpha value is -2.89. The Morgan fingerprint density at radius 1 is 0.933 bits per heavy atom. The molecule has 0 saturated carbocycles. The number of alkyl halides is 6. The van der Waals surface area contributed by atoms with Gasteiger partial charge in [-0.3, -0.25) is 0 Å². The minimum atomic E-state index is -4.81. The maximum atomic E-state index is 13.0. The quantitative estimate of drug-likeness (QED) is 0.539. The number of rotatable bonds is 4. The van der Waals surface area contributed by atoms with E-state index in [2.05, 4.69) is 10.1 Å². The number of sulfone groups is 1. The number of benzene rings is 1. The third-order valence-corrected chi connectivity index (χ3v) is 5.93. The Morgan fingerprint density at radius 3 is 2.20 bits per heavy atom. The van der Waals surface area contributed by atoms with E-state index in [4.69, 9.17) is 0 Å². The van der Waals surface area contributed by atoms with Crippen LogP contribution in [0.5, 0.6) is 0 Å². The number of nitrogens with zero attached hydrogens (tertiary/aromatic N) is 3. The maximum Gasteiger partial charge on any atom is 0.417 e. The molecule has 0 amide bonds. The summed E-state index contributed by atoms with van der Waals surface area (Å²) in [6.45, 7) is 1.26. The number of hydrogen-bond donors (Lipinski definition) is 0. The molecule has 0 aliphatic heterocycles. The first-order valence-corrected chi connectivity index (χ1v) is 10.0. The molecule has 0 unspecified atom stereocenters. The molecule has 0 spiro atoms. The zero-order valence-corrected chi connectivity index (χ0v) is 16.0. The van der Waals surface area contributed by atoms with E-state index < -0.39 is 44.0 Å². The minimum absolute atomic E-state index is 0.142. The van der Waals surface area contributed by atoms with Crippen molar-refractivity contribution in [3.63, 3.8) is 0 Å². The summed E-state index contributed by atoms with van der Waals surface area (Å²) in [5.74, 6) is -0.867. The van der Waals surface area contributed by atoms with Crippen molar-refractivity contribution in [2.24, 2.45) is 0 Å². The molecule has 0 saturated heterocycles. The standard InChI is InChI=1S/C18H13F6N3O2S/c1-2-30(28,29)15-7-14(18(22,23)24)9-25-16(15)27-10-12(8-26-27)11-4-3-5-13(6-11)17(19,20)21/h3-10H,2H2,1H3. The van der Waals surface area contributed by atoms with Crippen molar-refractivity contribution in [2.75, 3.05) is 5.75 Å². The molecule has 2 heterocycles. The lowest BCUT2D eigenvalue weighted by Crippen LogP contribution is -2.14. The molecule has 2 aromatic heterocycles. The molecule has 0 aliphatic rings. The van der Waals surface area contributed by atoms with Gasteiger partial charge in [0.1, 0.15) is 4.90 Å². The van der Waals surface area contributed by atoms with Crippen LogP contribution in [-0.2, 0) is 22.2 Å². The van der Waals surface area contributed by atoms with E-state index in [-0.39, 0.29) is 16.9 Å². The van der Waals surface area contributed by atoms with Gasteiger partial charge in [0.15, 0.2) is 15.7 Å². The Bertz CT molecular complexity index is 1180. The van der Waals surface area contributed by atoms with Gasteiger partial charge in [0.2, 0.25) is 0 Å². The van der Waals surface area contributed by atoms with Crippen LogP contribution in [-0.4, -0.2) is 28.9 Å². The third-order valence-electron chi connectivity index (χ3n) is 4.20. The van der Waals surface area contributed by atoms with Crippen LogP contribution in [0.2, 0.25) is 0 Å². The molecule has 160 valence electrons. The predicted molar refractivity (Wildman–Crippen MR) is 94.5 cm³/mol. The first kappa shape index (κ1) is 21.8. The summed E-state index contributed by atoms with van der Waals surface area (Å²) in [4.78, 5) is 2.93. The van der Waals surface area contributed by atoms with Gasteiger partial charge in [0, 0.05) is 18.0 Å². The Morgan fingerprint density at radius 2 is 1.60 bits per heavy atom. The fourth-order valence-electron chi connectivity index (χ4n) is 2.61. The van der Waals surface area contributed by atoms with E-state index in [1.807, 2.05) is 0 Å². The normalized spacial score (nSPS) is 12.9. The lowest BCUT2D eigenvalue weighted by atomic mass is 10.1. The van der Waals surface area contributed by atoms with E-state index in [0.29, 0.717) is 12.3 Å². The van der Waals surface area contributed by atoms with Crippen LogP contribution >= 0.6 is 0 Å². The van der Waals surface area contributed by atoms with Crippen LogP contribution in [0.15, 0.2) is 53.8 Å². The highest BCUT2D eigenvalue weighted by atomic mass is 32.2. The SMILES string of the molecule is CCS(=O)(=O)c1cc(C(F)(F)F)cnc1-n1cc(-c2cccc(C(F)(F)F)c2)cn1. The van der Waals surface area contributed by atoms with Crippen LogP contribution in [0.25, 0.3) is 16.9 Å². The van der Waals surface area contributed by atoms with E-state index in [1.165, 1.54) is 25.3 Å². The number of aromatic nitrogens is 3. The highest BCUT2D eigenvalue weighted by Gasteiger charge is 2.34. The van der Waals surface area contributed by atoms with Gasteiger partial charge < -0.3 is 0 Å². The zero-order chi connectivity index (χ0) is 22.3. The highest BCUT2D eigenvalue weighted by Crippen LogP contribution is 2.34. The van der Waals surface area contributed by atoms with Crippen molar-refractivity contribution in [1.29, 1.82) is 0 Å². The summed E-state index contributed by atoms with van der Waals surface area (Å²) in [7, 11) is -4.11. The van der Waals surface area contributed by atoms with Gasteiger partial charge in [-0.2, -0.15) is 31.4 Å². The lowest BCUT2D eigenvalue weighted by Gasteiger charge is -2.12. The summed E-state index contributed by atoms with van der Waals surface area (Å²) in [6, 6.07) is 4.81. The Kier molecular flexibility index (Phi) is 5.39. The summed E-state index contributed by atoms with van der Waals surface area (Å²) in [6.07, 6.45) is -6.55. The maximum absolute atomic E-state index is 13.0. The van der Waals surface area contributed by atoms with Crippen molar-refractivity contribution in [3.05, 3.63) is 60.0 Å². The molecular weight excluding hydrogens is 436 g/mol. The molecule has 0 radical (unpaired) electrons. The van der Waals surface area contributed by atoms with Crippen molar-refractivity contribution in [3.8, 4) is 16.9 Å². The topological polar surface area (TPSA) is 64.8 Å². The summed E-state index contributed by atoms with van der Waals surface area (Å²) in [5.41, 5.74) is -1.80. The molecule has 0 bridgehead atoms. The monoisotopic (exact) mass is 449 g/mol. The first-order valence-electron chi connectivity index (χ1n) is 8.35. The van der Waals surface area contributed by atoms with Crippen LogP contribution in [0.1, 0.15) is 18.1 Å². The fourth-order valence-corrected chi connectivity index (χ4v) is 3.65. The van der Waals surface area contributed by atoms with Gasteiger partial charge in [0.05, 0.1) is 23.1 Å². The second-order valence-electron chi connectivity index (χ2n) is 6.20. The van der Waals surface area contributed by atoms with Crippen molar-refractivity contribution in [1.82, 2.24) is 14.8 Å². The third kappa shape index (κ3) is 4.32. The number of hydrogen-bond acceptors (Lipinski definition) is 4. The largest absolute Gasteiger partial charge is 0.417 e. The molecule has 1 aromatic carbocycles. The molecule has 0 aliphatic carbocycles. The minimum Gasteiger partial charge on any atom is -0.235 e. The number of pyridine rings is 1.